The summed E-state index contributed by atoms with van der Waals surface area (Å²) in [6.07, 6.45) is 2.62. The number of hydrogen-bond donors (Lipinski definition) is 0. The van der Waals surface area contributed by atoms with Gasteiger partial charge in [0.25, 0.3) is 0 Å². The summed E-state index contributed by atoms with van der Waals surface area (Å²) in [5.74, 6) is 0.806. The van der Waals surface area contributed by atoms with Gasteiger partial charge in [0.15, 0.2) is 0 Å². The fourth-order valence-electron chi connectivity index (χ4n) is 5.94. The Kier molecular flexibility index (Phi) is 7.99. The lowest BCUT2D eigenvalue weighted by molar-refractivity contribution is -0.139. The average Bonchev–Trinajstić information content (AvgIpc) is 2.81. The molecule has 34 heavy (non-hydrogen) atoms. The van der Waals surface area contributed by atoms with E-state index in [0.717, 1.165) is 48.8 Å². The van der Waals surface area contributed by atoms with Crippen molar-refractivity contribution >= 4 is 15.9 Å². The second kappa shape index (κ2) is 10.6. The van der Waals surface area contributed by atoms with Crippen molar-refractivity contribution in [3.05, 3.63) is 28.8 Å². The smallest absolute Gasteiger partial charge is 0.248 e. The summed E-state index contributed by atoms with van der Waals surface area (Å²) in [4.78, 5) is 20.0. The van der Waals surface area contributed by atoms with Crippen LogP contribution in [0.1, 0.15) is 29.5 Å². The van der Waals surface area contributed by atoms with E-state index in [0.29, 0.717) is 10.9 Å². The van der Waals surface area contributed by atoms with Crippen LogP contribution in [0.3, 0.4) is 0 Å². The maximum Gasteiger partial charge on any atom is 0.248 e. The minimum atomic E-state index is -3.61. The monoisotopic (exact) mass is 492 g/mol. The van der Waals surface area contributed by atoms with Gasteiger partial charge >= 0.3 is 0 Å². The standard InChI is InChI=1S/C25H40N4O4S/c1-19-15-20(2)25(21(3)16-19)34(31,32)26(4)13-14-33-18-24(30)29-11-9-28(10-12-29)23-17-27-7-5-22(23)6-8-27/h15-16,22-23H,5-14,17-18H2,1-4H3/t23-/m0/s1. The van der Waals surface area contributed by atoms with E-state index < -0.39 is 10.0 Å². The molecule has 0 aromatic heterocycles. The zero-order valence-corrected chi connectivity index (χ0v) is 21.9. The summed E-state index contributed by atoms with van der Waals surface area (Å²) < 4.78 is 33.0. The van der Waals surface area contributed by atoms with Crippen molar-refractivity contribution in [2.24, 2.45) is 5.92 Å². The zero-order valence-electron chi connectivity index (χ0n) is 21.1. The van der Waals surface area contributed by atoms with Gasteiger partial charge in [0, 0.05) is 52.4 Å². The molecule has 0 saturated carbocycles. The molecule has 0 radical (unpaired) electrons. The van der Waals surface area contributed by atoms with Crippen molar-refractivity contribution in [3.8, 4) is 0 Å². The highest BCUT2D eigenvalue weighted by Gasteiger charge is 2.38. The topological polar surface area (TPSA) is 73.4 Å². The minimum Gasteiger partial charge on any atom is -0.370 e. The van der Waals surface area contributed by atoms with Crippen LogP contribution < -0.4 is 0 Å². The molecule has 1 atom stereocenters. The van der Waals surface area contributed by atoms with E-state index in [1.54, 1.807) is 7.05 Å². The van der Waals surface area contributed by atoms with Crippen LogP contribution in [0, 0.1) is 26.7 Å². The van der Waals surface area contributed by atoms with Crippen LogP contribution in [0.2, 0.25) is 0 Å². The van der Waals surface area contributed by atoms with Gasteiger partial charge in [0.2, 0.25) is 15.9 Å². The number of piperazine rings is 1. The number of nitrogens with zero attached hydrogens (tertiary/aromatic N) is 4. The molecule has 1 aromatic rings. The van der Waals surface area contributed by atoms with Gasteiger partial charge < -0.3 is 14.5 Å². The van der Waals surface area contributed by atoms with Gasteiger partial charge in [-0.3, -0.25) is 9.69 Å². The molecule has 1 amide bonds. The van der Waals surface area contributed by atoms with Gasteiger partial charge in [-0.2, -0.15) is 4.31 Å². The molecule has 4 aliphatic rings. The molecule has 4 aliphatic heterocycles. The fraction of sp³-hybridized carbons (Fsp3) is 0.720. The van der Waals surface area contributed by atoms with Crippen molar-refractivity contribution in [3.63, 3.8) is 0 Å². The average molecular weight is 493 g/mol. The van der Waals surface area contributed by atoms with Gasteiger partial charge in [0.05, 0.1) is 11.5 Å². The Labute approximate surface area is 204 Å². The van der Waals surface area contributed by atoms with Crippen molar-refractivity contribution in [1.82, 2.24) is 19.0 Å². The van der Waals surface area contributed by atoms with Crippen molar-refractivity contribution in [1.29, 1.82) is 0 Å². The third kappa shape index (κ3) is 5.49. The van der Waals surface area contributed by atoms with Gasteiger partial charge in [-0.05, 0) is 63.7 Å². The van der Waals surface area contributed by atoms with E-state index in [1.807, 2.05) is 37.8 Å². The Morgan fingerprint density at radius 1 is 1.03 bits per heavy atom. The van der Waals surface area contributed by atoms with E-state index in [1.165, 1.54) is 36.8 Å². The largest absolute Gasteiger partial charge is 0.370 e. The molecule has 4 heterocycles. The van der Waals surface area contributed by atoms with Gasteiger partial charge in [0.1, 0.15) is 6.61 Å². The zero-order chi connectivity index (χ0) is 24.5. The van der Waals surface area contributed by atoms with Crippen LogP contribution in [0.5, 0.6) is 0 Å². The van der Waals surface area contributed by atoms with Gasteiger partial charge in [-0.25, -0.2) is 8.42 Å². The Balaban J connectivity index is 1.20. The molecule has 1 aromatic carbocycles. The second-order valence-electron chi connectivity index (χ2n) is 10.2. The number of likely N-dealkylation sites (N-methyl/N-ethyl adjacent to an activating group) is 1. The van der Waals surface area contributed by atoms with Crippen LogP contribution in [-0.2, 0) is 19.6 Å². The second-order valence-corrected chi connectivity index (χ2v) is 12.2. The number of aryl methyl sites for hydroxylation is 3. The van der Waals surface area contributed by atoms with E-state index >= 15 is 0 Å². The predicted molar refractivity (Wildman–Crippen MR) is 132 cm³/mol. The normalized spacial score (nSPS) is 25.8. The fourth-order valence-corrected chi connectivity index (χ4v) is 7.50. The number of piperidine rings is 3. The number of rotatable bonds is 8. The molecule has 9 heteroatoms. The van der Waals surface area contributed by atoms with Crippen molar-refractivity contribution in [2.45, 2.75) is 44.6 Å². The molecule has 0 aliphatic carbocycles. The van der Waals surface area contributed by atoms with Crippen LogP contribution in [0.4, 0.5) is 0 Å². The number of benzene rings is 1. The summed E-state index contributed by atoms with van der Waals surface area (Å²) in [5.41, 5.74) is 2.54. The lowest BCUT2D eigenvalue weighted by atomic mass is 9.83. The SMILES string of the molecule is Cc1cc(C)c(S(=O)(=O)N(C)CCOCC(=O)N2CCN([C@H]3CN4CCC3CC4)CC2)c(C)c1. The summed E-state index contributed by atoms with van der Waals surface area (Å²) >= 11 is 0. The summed E-state index contributed by atoms with van der Waals surface area (Å²) in [6.45, 7) is 13.0. The number of carbonyl (C=O) groups excluding carboxylic acids is 1. The molecular formula is C25H40N4O4S. The van der Waals surface area contributed by atoms with Crippen LogP contribution >= 0.6 is 0 Å². The third-order valence-electron chi connectivity index (χ3n) is 7.81. The molecule has 8 nitrogen and oxygen atoms in total. The number of sulfonamides is 1. The predicted octanol–water partition coefficient (Wildman–Crippen LogP) is 1.49. The first-order valence-corrected chi connectivity index (χ1v) is 14.0. The molecule has 190 valence electrons. The van der Waals surface area contributed by atoms with Gasteiger partial charge in [-0.1, -0.05) is 17.7 Å². The Hall–Kier alpha value is -1.52. The van der Waals surface area contributed by atoms with E-state index in [2.05, 4.69) is 9.80 Å². The van der Waals surface area contributed by atoms with E-state index in [9.17, 15) is 13.2 Å². The number of hydrogen-bond acceptors (Lipinski definition) is 6. The first-order chi connectivity index (χ1) is 16.2. The van der Waals surface area contributed by atoms with Crippen molar-refractivity contribution < 1.29 is 17.9 Å². The molecule has 5 rings (SSSR count). The highest BCUT2D eigenvalue weighted by molar-refractivity contribution is 7.89. The maximum absolute atomic E-state index is 13.1. The molecule has 4 fully saturated rings. The van der Waals surface area contributed by atoms with Gasteiger partial charge in [-0.15, -0.1) is 0 Å². The molecule has 4 saturated heterocycles. The Bertz CT molecular complexity index is 960. The highest BCUT2D eigenvalue weighted by Crippen LogP contribution is 2.31. The van der Waals surface area contributed by atoms with Crippen LogP contribution in [0.15, 0.2) is 17.0 Å². The van der Waals surface area contributed by atoms with E-state index in [-0.39, 0.29) is 25.7 Å². The Morgan fingerprint density at radius 3 is 2.21 bits per heavy atom. The quantitative estimate of drug-likeness (QED) is 0.512. The third-order valence-corrected chi connectivity index (χ3v) is 9.97. The first-order valence-electron chi connectivity index (χ1n) is 12.5. The summed E-state index contributed by atoms with van der Waals surface area (Å²) in [6, 6.07) is 4.42. The molecular weight excluding hydrogens is 452 g/mol. The number of carbonyl (C=O) groups is 1. The molecule has 0 N–H and O–H groups in total. The molecule has 0 unspecified atom stereocenters. The molecule has 2 bridgehead atoms. The van der Waals surface area contributed by atoms with Crippen LogP contribution in [-0.4, -0.2) is 112 Å². The highest BCUT2D eigenvalue weighted by atomic mass is 32.2. The first kappa shape index (κ1) is 25.6. The number of ether oxygens (including phenoxy) is 1. The molecule has 0 spiro atoms. The summed E-state index contributed by atoms with van der Waals surface area (Å²) in [5, 5.41) is 0. The number of fused-ring (bicyclic) bond motifs is 3. The van der Waals surface area contributed by atoms with E-state index in [4.69, 9.17) is 4.74 Å². The van der Waals surface area contributed by atoms with Crippen LogP contribution in [0.25, 0.3) is 0 Å². The lowest BCUT2D eigenvalue weighted by Crippen LogP contribution is -2.61. The van der Waals surface area contributed by atoms with Crippen molar-refractivity contribution in [2.75, 3.05) is 72.6 Å². The number of amides is 1. The maximum atomic E-state index is 13.1. The summed E-state index contributed by atoms with van der Waals surface area (Å²) in [7, 11) is -2.05. The Morgan fingerprint density at radius 2 is 1.65 bits per heavy atom. The lowest BCUT2D eigenvalue weighted by Gasteiger charge is -2.51. The minimum absolute atomic E-state index is 0.00366.